The molecular weight excluding hydrogens is 234 g/mol. The SMILES string of the molecule is CCCNCc1ccc(CN2CCC(CC)C2)nc1. The first-order valence-electron chi connectivity index (χ1n) is 7.68. The Morgan fingerprint density at radius 1 is 1.37 bits per heavy atom. The van der Waals surface area contributed by atoms with E-state index in [1.807, 2.05) is 6.20 Å². The molecule has 0 bridgehead atoms. The van der Waals surface area contributed by atoms with E-state index in [9.17, 15) is 0 Å². The molecule has 1 N–H and O–H groups in total. The van der Waals surface area contributed by atoms with E-state index in [4.69, 9.17) is 0 Å². The minimum atomic E-state index is 0.900. The molecular formula is C16H27N3. The predicted octanol–water partition coefficient (Wildman–Crippen LogP) is 2.81. The van der Waals surface area contributed by atoms with Crippen molar-refractivity contribution < 1.29 is 0 Å². The second-order valence-corrected chi connectivity index (χ2v) is 5.63. The summed E-state index contributed by atoms with van der Waals surface area (Å²) in [6, 6.07) is 4.39. The number of nitrogens with zero attached hydrogens (tertiary/aromatic N) is 2. The molecule has 2 heterocycles. The van der Waals surface area contributed by atoms with Gasteiger partial charge in [-0.25, -0.2) is 0 Å². The third kappa shape index (κ3) is 4.59. The Kier molecular flexibility index (Phi) is 5.80. The van der Waals surface area contributed by atoms with Crippen molar-refractivity contribution in [3.63, 3.8) is 0 Å². The van der Waals surface area contributed by atoms with Gasteiger partial charge >= 0.3 is 0 Å². The Balaban J connectivity index is 1.78. The topological polar surface area (TPSA) is 28.2 Å². The zero-order valence-electron chi connectivity index (χ0n) is 12.4. The molecule has 3 heteroatoms. The Labute approximate surface area is 117 Å². The van der Waals surface area contributed by atoms with E-state index in [-0.39, 0.29) is 0 Å². The second kappa shape index (κ2) is 7.61. The predicted molar refractivity (Wildman–Crippen MR) is 79.9 cm³/mol. The van der Waals surface area contributed by atoms with Crippen molar-refractivity contribution >= 4 is 0 Å². The van der Waals surface area contributed by atoms with Crippen LogP contribution in [0.1, 0.15) is 44.4 Å². The minimum absolute atomic E-state index is 0.900. The van der Waals surface area contributed by atoms with Crippen molar-refractivity contribution in [3.05, 3.63) is 29.6 Å². The summed E-state index contributed by atoms with van der Waals surface area (Å²) in [7, 11) is 0. The van der Waals surface area contributed by atoms with Gasteiger partial charge < -0.3 is 5.32 Å². The van der Waals surface area contributed by atoms with Crippen molar-refractivity contribution in [1.82, 2.24) is 15.2 Å². The maximum Gasteiger partial charge on any atom is 0.0544 e. The van der Waals surface area contributed by atoms with Gasteiger partial charge in [0, 0.05) is 25.8 Å². The number of hydrogen-bond donors (Lipinski definition) is 1. The molecule has 0 radical (unpaired) electrons. The van der Waals surface area contributed by atoms with Crippen LogP contribution < -0.4 is 5.32 Å². The van der Waals surface area contributed by atoms with Crippen LogP contribution in [0, 0.1) is 5.92 Å². The molecule has 19 heavy (non-hydrogen) atoms. The van der Waals surface area contributed by atoms with Gasteiger partial charge in [0.05, 0.1) is 5.69 Å². The third-order valence-corrected chi connectivity index (χ3v) is 3.97. The summed E-state index contributed by atoms with van der Waals surface area (Å²) in [5.74, 6) is 0.900. The van der Waals surface area contributed by atoms with Gasteiger partial charge in [0.2, 0.25) is 0 Å². The fraction of sp³-hybridized carbons (Fsp3) is 0.688. The fourth-order valence-electron chi connectivity index (χ4n) is 2.68. The first-order valence-corrected chi connectivity index (χ1v) is 7.68. The summed E-state index contributed by atoms with van der Waals surface area (Å²) < 4.78 is 0. The summed E-state index contributed by atoms with van der Waals surface area (Å²) in [5, 5.41) is 3.41. The molecule has 3 nitrogen and oxygen atoms in total. The van der Waals surface area contributed by atoms with E-state index in [1.54, 1.807) is 0 Å². The average molecular weight is 261 g/mol. The van der Waals surface area contributed by atoms with Crippen molar-refractivity contribution in [2.45, 2.75) is 46.2 Å². The van der Waals surface area contributed by atoms with Crippen LogP contribution >= 0.6 is 0 Å². The van der Waals surface area contributed by atoms with Crippen LogP contribution in [0.3, 0.4) is 0 Å². The molecule has 0 spiro atoms. The lowest BCUT2D eigenvalue weighted by Crippen LogP contribution is -2.20. The maximum absolute atomic E-state index is 4.59. The Hall–Kier alpha value is -0.930. The zero-order chi connectivity index (χ0) is 13.5. The van der Waals surface area contributed by atoms with Crippen molar-refractivity contribution in [2.75, 3.05) is 19.6 Å². The minimum Gasteiger partial charge on any atom is -0.313 e. The van der Waals surface area contributed by atoms with Crippen LogP contribution in [0.4, 0.5) is 0 Å². The number of aromatic nitrogens is 1. The molecule has 1 aromatic rings. The molecule has 1 atom stereocenters. The van der Waals surface area contributed by atoms with Gasteiger partial charge in [-0.1, -0.05) is 26.3 Å². The lowest BCUT2D eigenvalue weighted by atomic mass is 10.1. The monoisotopic (exact) mass is 261 g/mol. The quantitative estimate of drug-likeness (QED) is 0.765. The molecule has 1 aromatic heterocycles. The number of rotatable bonds is 7. The van der Waals surface area contributed by atoms with Crippen LogP contribution in [-0.2, 0) is 13.1 Å². The van der Waals surface area contributed by atoms with E-state index in [0.717, 1.165) is 25.6 Å². The van der Waals surface area contributed by atoms with Crippen LogP contribution in [-0.4, -0.2) is 29.5 Å². The summed E-state index contributed by atoms with van der Waals surface area (Å²) in [6.45, 7) is 9.99. The van der Waals surface area contributed by atoms with E-state index in [1.165, 1.54) is 43.6 Å². The van der Waals surface area contributed by atoms with Crippen molar-refractivity contribution in [2.24, 2.45) is 5.92 Å². The molecule has 106 valence electrons. The normalized spacial score (nSPS) is 20.0. The lowest BCUT2D eigenvalue weighted by molar-refractivity contribution is 0.311. The maximum atomic E-state index is 4.59. The number of hydrogen-bond acceptors (Lipinski definition) is 3. The Morgan fingerprint density at radius 2 is 2.26 bits per heavy atom. The molecule has 1 saturated heterocycles. The highest BCUT2D eigenvalue weighted by Crippen LogP contribution is 2.20. The standard InChI is InChI=1S/C16H27N3/c1-3-8-17-10-15-5-6-16(18-11-15)13-19-9-7-14(4-2)12-19/h5-6,11,14,17H,3-4,7-10,12-13H2,1-2H3. The molecule has 1 aliphatic heterocycles. The molecule has 0 amide bonds. The van der Waals surface area contributed by atoms with Gasteiger partial charge in [-0.2, -0.15) is 0 Å². The number of nitrogens with one attached hydrogen (secondary N) is 1. The van der Waals surface area contributed by atoms with Crippen LogP contribution in [0.5, 0.6) is 0 Å². The Morgan fingerprint density at radius 3 is 2.89 bits per heavy atom. The first-order chi connectivity index (χ1) is 9.31. The molecule has 2 rings (SSSR count). The van der Waals surface area contributed by atoms with Gasteiger partial charge in [0.25, 0.3) is 0 Å². The molecule has 0 saturated carbocycles. The molecule has 0 aromatic carbocycles. The summed E-state index contributed by atoms with van der Waals surface area (Å²) >= 11 is 0. The van der Waals surface area contributed by atoms with Gasteiger partial charge in [0.1, 0.15) is 0 Å². The summed E-state index contributed by atoms with van der Waals surface area (Å²) in [4.78, 5) is 7.12. The van der Waals surface area contributed by atoms with Gasteiger partial charge in [0.15, 0.2) is 0 Å². The molecule has 1 unspecified atom stereocenters. The zero-order valence-corrected chi connectivity index (χ0v) is 12.4. The molecule has 1 fully saturated rings. The third-order valence-electron chi connectivity index (χ3n) is 3.97. The molecule has 1 aliphatic rings. The lowest BCUT2D eigenvalue weighted by Gasteiger charge is -2.15. The highest BCUT2D eigenvalue weighted by Gasteiger charge is 2.20. The van der Waals surface area contributed by atoms with Crippen molar-refractivity contribution in [3.8, 4) is 0 Å². The highest BCUT2D eigenvalue weighted by molar-refractivity contribution is 5.14. The summed E-state index contributed by atoms with van der Waals surface area (Å²) in [6.07, 6.45) is 5.87. The van der Waals surface area contributed by atoms with E-state index in [0.29, 0.717) is 0 Å². The Bertz CT molecular complexity index is 361. The number of likely N-dealkylation sites (tertiary alicyclic amines) is 1. The average Bonchev–Trinajstić information content (AvgIpc) is 2.89. The van der Waals surface area contributed by atoms with Gasteiger partial charge in [-0.05, 0) is 43.5 Å². The van der Waals surface area contributed by atoms with Gasteiger partial charge in [-0.15, -0.1) is 0 Å². The fourth-order valence-corrected chi connectivity index (χ4v) is 2.68. The van der Waals surface area contributed by atoms with E-state index in [2.05, 4.69) is 41.2 Å². The van der Waals surface area contributed by atoms with Gasteiger partial charge in [-0.3, -0.25) is 9.88 Å². The van der Waals surface area contributed by atoms with Crippen LogP contribution in [0.25, 0.3) is 0 Å². The van der Waals surface area contributed by atoms with E-state index < -0.39 is 0 Å². The number of pyridine rings is 1. The smallest absolute Gasteiger partial charge is 0.0544 e. The highest BCUT2D eigenvalue weighted by atomic mass is 15.1. The largest absolute Gasteiger partial charge is 0.313 e. The van der Waals surface area contributed by atoms with Crippen LogP contribution in [0.15, 0.2) is 18.3 Å². The van der Waals surface area contributed by atoms with Crippen molar-refractivity contribution in [1.29, 1.82) is 0 Å². The molecule has 0 aliphatic carbocycles. The summed E-state index contributed by atoms with van der Waals surface area (Å²) in [5.41, 5.74) is 2.49. The van der Waals surface area contributed by atoms with Crippen LogP contribution in [0.2, 0.25) is 0 Å². The second-order valence-electron chi connectivity index (χ2n) is 5.63. The van der Waals surface area contributed by atoms with E-state index >= 15 is 0 Å². The first kappa shape index (κ1) is 14.5.